The zero-order chi connectivity index (χ0) is 23.4. The Hall–Kier alpha value is -1.46. The topological polar surface area (TPSA) is 72.6 Å². The van der Waals surface area contributed by atoms with Crippen molar-refractivity contribution in [2.75, 3.05) is 46.1 Å². The first-order chi connectivity index (χ1) is 16.1. The van der Waals surface area contributed by atoms with Crippen molar-refractivity contribution < 1.29 is 4.18 Å². The maximum atomic E-state index is 5.80. The number of aromatic amines is 1. The van der Waals surface area contributed by atoms with Crippen molar-refractivity contribution in [1.82, 2.24) is 29.5 Å². The average Bonchev–Trinajstić information content (AvgIpc) is 3.60. The molecule has 2 N–H and O–H groups in total. The van der Waals surface area contributed by atoms with Crippen LogP contribution in [0.4, 0.5) is 11.6 Å². The molecule has 0 bridgehead atoms. The molecule has 1 fully saturated rings. The van der Waals surface area contributed by atoms with Crippen LogP contribution >= 0.6 is 25.7 Å². The van der Waals surface area contributed by atoms with E-state index in [1.807, 2.05) is 20.9 Å². The number of aryl methyl sites for hydroxylation is 2. The summed E-state index contributed by atoms with van der Waals surface area (Å²) >= 11 is 1.28. The summed E-state index contributed by atoms with van der Waals surface area (Å²) in [6, 6.07) is 2.80. The SMILES string of the molecule is CC.CN(C)CC1CCN(N(C)SOc2n[nH]c(Nc3c4c(cc5c3CCC5)CCC4)n2)C1.S. The molecule has 2 aromatic rings. The van der Waals surface area contributed by atoms with E-state index in [0.29, 0.717) is 17.9 Å². The molecule has 1 aliphatic heterocycles. The predicted molar refractivity (Wildman–Crippen MR) is 146 cm³/mol. The summed E-state index contributed by atoms with van der Waals surface area (Å²) < 4.78 is 7.85. The Balaban J connectivity index is 0.00000105. The number of hydrogen-bond donors (Lipinski definition) is 2. The Morgan fingerprint density at radius 1 is 1.12 bits per heavy atom. The molecule has 5 rings (SSSR count). The molecule has 10 heteroatoms. The summed E-state index contributed by atoms with van der Waals surface area (Å²) in [5.41, 5.74) is 7.22. The van der Waals surface area contributed by atoms with Gasteiger partial charge in [0.2, 0.25) is 5.95 Å². The summed E-state index contributed by atoms with van der Waals surface area (Å²) in [5.74, 6) is 1.35. The molecule has 1 saturated heterocycles. The highest BCUT2D eigenvalue weighted by atomic mass is 32.2. The van der Waals surface area contributed by atoms with Gasteiger partial charge in [-0.3, -0.25) is 0 Å². The van der Waals surface area contributed by atoms with Crippen molar-refractivity contribution in [3.8, 4) is 6.01 Å². The number of aromatic nitrogens is 3. The summed E-state index contributed by atoms with van der Waals surface area (Å²) in [6.07, 6.45) is 8.37. The van der Waals surface area contributed by atoms with Crippen LogP contribution < -0.4 is 9.50 Å². The zero-order valence-corrected chi connectivity index (χ0v) is 23.1. The molecule has 0 spiro atoms. The van der Waals surface area contributed by atoms with Gasteiger partial charge in [-0.25, -0.2) is 10.1 Å². The van der Waals surface area contributed by atoms with Gasteiger partial charge in [-0.05, 0) is 87.2 Å². The van der Waals surface area contributed by atoms with Gasteiger partial charge in [-0.15, -0.1) is 5.10 Å². The molecular weight excluding hydrogens is 466 g/mol. The van der Waals surface area contributed by atoms with Crippen molar-refractivity contribution in [2.45, 2.75) is 58.8 Å². The van der Waals surface area contributed by atoms with Gasteiger partial charge in [-0.1, -0.05) is 19.9 Å². The van der Waals surface area contributed by atoms with Gasteiger partial charge in [0.25, 0.3) is 0 Å². The lowest BCUT2D eigenvalue weighted by Crippen LogP contribution is -2.34. The maximum absolute atomic E-state index is 5.80. The van der Waals surface area contributed by atoms with Gasteiger partial charge in [0.1, 0.15) is 0 Å². The fourth-order valence-electron chi connectivity index (χ4n) is 5.29. The lowest BCUT2D eigenvalue weighted by Gasteiger charge is -2.25. The molecule has 0 saturated carbocycles. The Bertz CT molecular complexity index is 904. The van der Waals surface area contributed by atoms with Gasteiger partial charge in [0.15, 0.2) is 12.2 Å². The molecule has 1 atom stereocenters. The van der Waals surface area contributed by atoms with E-state index in [-0.39, 0.29) is 13.5 Å². The number of H-pyrrole nitrogens is 1. The fourth-order valence-corrected chi connectivity index (χ4v) is 5.78. The molecule has 1 unspecified atom stereocenters. The number of benzene rings is 1. The first kappa shape index (κ1) is 27.1. The highest BCUT2D eigenvalue weighted by molar-refractivity contribution is 7.92. The van der Waals surface area contributed by atoms with Crippen molar-refractivity contribution in [1.29, 1.82) is 0 Å². The van der Waals surface area contributed by atoms with E-state index in [1.165, 1.54) is 72.3 Å². The second-order valence-corrected chi connectivity index (χ2v) is 10.1. The van der Waals surface area contributed by atoms with E-state index < -0.39 is 0 Å². The molecule has 0 amide bonds. The van der Waals surface area contributed by atoms with E-state index in [9.17, 15) is 0 Å². The third-order valence-electron chi connectivity index (χ3n) is 6.69. The molecule has 2 aliphatic carbocycles. The Morgan fingerprint density at radius 2 is 1.79 bits per heavy atom. The van der Waals surface area contributed by atoms with E-state index in [0.717, 1.165) is 32.5 Å². The zero-order valence-electron chi connectivity index (χ0n) is 21.3. The van der Waals surface area contributed by atoms with Crippen LogP contribution in [0.2, 0.25) is 0 Å². The Morgan fingerprint density at radius 3 is 2.44 bits per heavy atom. The smallest absolute Gasteiger partial charge is 0.350 e. The van der Waals surface area contributed by atoms with Crippen LogP contribution in [0.25, 0.3) is 0 Å². The summed E-state index contributed by atoms with van der Waals surface area (Å²) in [6.45, 7) is 7.23. The highest BCUT2D eigenvalue weighted by Crippen LogP contribution is 2.39. The lowest BCUT2D eigenvalue weighted by molar-refractivity contribution is 0.118. The number of nitrogens with zero attached hydrogens (tertiary/aromatic N) is 5. The third kappa shape index (κ3) is 6.20. The van der Waals surface area contributed by atoms with Gasteiger partial charge < -0.3 is 14.4 Å². The van der Waals surface area contributed by atoms with Gasteiger partial charge >= 0.3 is 6.01 Å². The van der Waals surface area contributed by atoms with Gasteiger partial charge in [0, 0.05) is 32.4 Å². The minimum absolute atomic E-state index is 0. The molecule has 190 valence electrons. The minimum Gasteiger partial charge on any atom is -0.370 e. The number of rotatable bonds is 8. The normalized spacial score (nSPS) is 19.0. The second kappa shape index (κ2) is 12.5. The molecule has 1 aromatic heterocycles. The molecular formula is C24H41N7OS2. The maximum Gasteiger partial charge on any atom is 0.350 e. The number of hydrogen-bond acceptors (Lipinski definition) is 8. The molecule has 1 aromatic carbocycles. The first-order valence-corrected chi connectivity index (χ1v) is 13.1. The predicted octanol–water partition coefficient (Wildman–Crippen LogP) is 4.34. The van der Waals surface area contributed by atoms with Crippen LogP contribution in [0.3, 0.4) is 0 Å². The quantitative estimate of drug-likeness (QED) is 0.404. The van der Waals surface area contributed by atoms with Crippen molar-refractivity contribution in [3.63, 3.8) is 0 Å². The Kier molecular flexibility index (Phi) is 9.96. The largest absolute Gasteiger partial charge is 0.370 e. The van der Waals surface area contributed by atoms with E-state index in [4.69, 9.17) is 4.18 Å². The van der Waals surface area contributed by atoms with E-state index in [2.05, 4.69) is 55.0 Å². The summed E-state index contributed by atoms with van der Waals surface area (Å²) in [7, 11) is 6.30. The Labute approximate surface area is 216 Å². The summed E-state index contributed by atoms with van der Waals surface area (Å²) in [4.78, 5) is 6.80. The molecule has 8 nitrogen and oxygen atoms in total. The average molecular weight is 508 g/mol. The van der Waals surface area contributed by atoms with Gasteiger partial charge in [0.05, 0.1) is 0 Å². The van der Waals surface area contributed by atoms with E-state index in [1.54, 1.807) is 0 Å². The van der Waals surface area contributed by atoms with Crippen LogP contribution in [-0.2, 0) is 25.7 Å². The lowest BCUT2D eigenvalue weighted by atomic mass is 9.99. The third-order valence-corrected chi connectivity index (χ3v) is 7.36. The number of nitrogens with one attached hydrogen (secondary N) is 2. The molecule has 2 heterocycles. The van der Waals surface area contributed by atoms with Crippen molar-refractivity contribution in [2.24, 2.45) is 5.92 Å². The highest BCUT2D eigenvalue weighted by Gasteiger charge is 2.27. The standard InChI is InChI=1S/C22H33N7OS.C2H6.H2S/c1-27(2)13-15-10-11-29(14-15)28(3)31-30-22-24-21(25-26-22)23-20-18-8-4-6-16(18)12-17-7-5-9-19(17)20;1-2;/h12,15H,4-11,13-14H2,1-3H3,(H2,23,24,25,26);1-2H3;1H2. The molecule has 3 aliphatic rings. The van der Waals surface area contributed by atoms with Crippen molar-refractivity contribution >= 4 is 37.4 Å². The minimum atomic E-state index is 0. The van der Waals surface area contributed by atoms with Crippen LogP contribution in [0.15, 0.2) is 6.07 Å². The van der Waals surface area contributed by atoms with Crippen molar-refractivity contribution in [3.05, 3.63) is 28.3 Å². The van der Waals surface area contributed by atoms with Crippen LogP contribution in [0.5, 0.6) is 6.01 Å². The number of anilines is 2. The second-order valence-electron chi connectivity index (χ2n) is 9.28. The number of hydrazine groups is 1. The number of fused-ring (bicyclic) bond motifs is 2. The van der Waals surface area contributed by atoms with Crippen LogP contribution in [0, 0.1) is 5.92 Å². The monoisotopic (exact) mass is 507 g/mol. The fraction of sp³-hybridized carbons (Fsp3) is 0.667. The van der Waals surface area contributed by atoms with Crippen LogP contribution in [-0.4, -0.2) is 70.3 Å². The summed E-state index contributed by atoms with van der Waals surface area (Å²) in [5, 5.41) is 13.1. The first-order valence-electron chi connectivity index (χ1n) is 12.4. The van der Waals surface area contributed by atoms with Crippen LogP contribution in [0.1, 0.15) is 55.4 Å². The molecule has 34 heavy (non-hydrogen) atoms. The van der Waals surface area contributed by atoms with Gasteiger partial charge in [-0.2, -0.15) is 22.9 Å². The van der Waals surface area contributed by atoms with E-state index >= 15 is 0 Å². The molecule has 0 radical (unpaired) electrons.